The number of hydrogen-bond donors (Lipinski definition) is 5. The number of aliphatic hydroxyl groups excluding tert-OH is 4. The van der Waals surface area contributed by atoms with Crippen LogP contribution in [0.3, 0.4) is 0 Å². The fourth-order valence-electron chi connectivity index (χ4n) is 2.75. The molecule has 0 aliphatic carbocycles. The van der Waals surface area contributed by atoms with Crippen LogP contribution >= 0.6 is 15.9 Å². The van der Waals surface area contributed by atoms with Gasteiger partial charge in [-0.15, -0.1) is 0 Å². The van der Waals surface area contributed by atoms with Gasteiger partial charge in [0.05, 0.1) is 13.2 Å². The average molecular weight is 377 g/mol. The third-order valence-electron chi connectivity index (χ3n) is 4.15. The Morgan fingerprint density at radius 2 is 2.05 bits per heavy atom. The van der Waals surface area contributed by atoms with E-state index in [1.807, 2.05) is 13.0 Å². The molecule has 0 radical (unpaired) electrons. The van der Waals surface area contributed by atoms with Crippen LogP contribution in [-0.4, -0.2) is 62.7 Å². The Morgan fingerprint density at radius 3 is 2.55 bits per heavy atom. The Balaban J connectivity index is 2.38. The summed E-state index contributed by atoms with van der Waals surface area (Å²) >= 11 is 3.44. The van der Waals surface area contributed by atoms with Gasteiger partial charge in [-0.05, 0) is 23.6 Å². The quantitative estimate of drug-likeness (QED) is 0.490. The van der Waals surface area contributed by atoms with Crippen molar-refractivity contribution in [3.05, 3.63) is 33.8 Å². The van der Waals surface area contributed by atoms with Gasteiger partial charge in [0.15, 0.2) is 0 Å². The van der Waals surface area contributed by atoms with E-state index in [4.69, 9.17) is 9.84 Å². The van der Waals surface area contributed by atoms with Crippen molar-refractivity contribution in [3.8, 4) is 0 Å². The van der Waals surface area contributed by atoms with Crippen molar-refractivity contribution < 1.29 is 30.3 Å². The van der Waals surface area contributed by atoms with Gasteiger partial charge in [0.25, 0.3) is 0 Å². The molecular weight excluding hydrogens is 356 g/mol. The third kappa shape index (κ3) is 2.94. The van der Waals surface area contributed by atoms with Gasteiger partial charge < -0.3 is 30.3 Å². The summed E-state index contributed by atoms with van der Waals surface area (Å²) < 4.78 is 6.39. The largest absolute Gasteiger partial charge is 0.394 e. The van der Waals surface area contributed by atoms with Crippen LogP contribution in [0.25, 0.3) is 0 Å². The molecule has 2 rings (SSSR count). The molecule has 1 saturated heterocycles. The molecule has 1 aromatic carbocycles. The lowest BCUT2D eigenvalue weighted by Crippen LogP contribution is -2.50. The number of rotatable bonds is 5. The highest BCUT2D eigenvalue weighted by atomic mass is 79.9. The van der Waals surface area contributed by atoms with E-state index in [0.29, 0.717) is 5.56 Å². The highest BCUT2D eigenvalue weighted by Crippen LogP contribution is 2.43. The molecule has 7 heteroatoms. The first-order valence-corrected chi connectivity index (χ1v) is 7.92. The second-order valence-corrected chi connectivity index (χ2v) is 6.38. The maximum absolute atomic E-state index is 10.6. The van der Waals surface area contributed by atoms with E-state index >= 15 is 0 Å². The molecule has 1 fully saturated rings. The maximum atomic E-state index is 10.6. The van der Waals surface area contributed by atoms with Crippen molar-refractivity contribution >= 4 is 15.9 Å². The van der Waals surface area contributed by atoms with Gasteiger partial charge in [-0.1, -0.05) is 35.0 Å². The molecule has 1 aromatic rings. The molecule has 124 valence electrons. The van der Waals surface area contributed by atoms with Crippen LogP contribution in [0.1, 0.15) is 24.2 Å². The molecule has 6 nitrogen and oxygen atoms in total. The summed E-state index contributed by atoms with van der Waals surface area (Å²) in [6, 6.07) is 5.36. The lowest BCUT2D eigenvalue weighted by Gasteiger charge is -2.29. The third-order valence-corrected chi connectivity index (χ3v) is 4.89. The molecule has 0 aromatic heterocycles. The number of aryl methyl sites for hydroxylation is 1. The van der Waals surface area contributed by atoms with Crippen molar-refractivity contribution in [2.75, 3.05) is 13.2 Å². The minimum absolute atomic E-state index is 0.562. The Hall–Kier alpha value is -0.540. The first-order chi connectivity index (χ1) is 10.4. The predicted octanol–water partition coefficient (Wildman–Crippen LogP) is -0.111. The van der Waals surface area contributed by atoms with Crippen LogP contribution in [0, 0.1) is 0 Å². The van der Waals surface area contributed by atoms with Crippen LogP contribution in [0.15, 0.2) is 22.7 Å². The summed E-state index contributed by atoms with van der Waals surface area (Å²) in [4.78, 5) is 0. The van der Waals surface area contributed by atoms with Gasteiger partial charge in [0.2, 0.25) is 0 Å². The normalized spacial score (nSPS) is 33.1. The first-order valence-electron chi connectivity index (χ1n) is 7.13. The van der Waals surface area contributed by atoms with E-state index < -0.39 is 43.2 Å². The maximum Gasteiger partial charge on any atom is 0.146 e. The van der Waals surface area contributed by atoms with Crippen LogP contribution in [-0.2, 0) is 11.2 Å². The van der Waals surface area contributed by atoms with Gasteiger partial charge in [-0.3, -0.25) is 0 Å². The smallest absolute Gasteiger partial charge is 0.146 e. The summed E-state index contributed by atoms with van der Waals surface area (Å²) in [6.45, 7) is 0.655. The zero-order valence-electron chi connectivity index (χ0n) is 12.2. The molecule has 0 spiro atoms. The van der Waals surface area contributed by atoms with Crippen molar-refractivity contribution in [2.24, 2.45) is 0 Å². The summed E-state index contributed by atoms with van der Waals surface area (Å²) in [7, 11) is 0. The molecule has 22 heavy (non-hydrogen) atoms. The molecule has 0 bridgehead atoms. The van der Waals surface area contributed by atoms with Gasteiger partial charge >= 0.3 is 0 Å². The molecule has 0 saturated carbocycles. The standard InChI is InChI=1S/C15H21BrO6/c1-2-8-3-4-9(5-10(8)16)14-15(21,7-18)13(20)12(22-14)11(19)6-17/h3-5,11-14,17-21H,2,6-7H2,1H3/t11?,12-,13+,14?,15+/m1/s1. The Kier molecular flexibility index (Phi) is 5.60. The highest BCUT2D eigenvalue weighted by Gasteiger charge is 2.57. The van der Waals surface area contributed by atoms with Crippen LogP contribution in [0.2, 0.25) is 0 Å². The lowest BCUT2D eigenvalue weighted by molar-refractivity contribution is -0.110. The topological polar surface area (TPSA) is 110 Å². The minimum Gasteiger partial charge on any atom is -0.394 e. The molecule has 1 aliphatic heterocycles. The van der Waals surface area contributed by atoms with E-state index in [9.17, 15) is 20.4 Å². The summed E-state index contributed by atoms with van der Waals surface area (Å²) in [5, 5.41) is 49.1. The minimum atomic E-state index is -1.95. The molecule has 5 N–H and O–H groups in total. The molecule has 5 atom stereocenters. The average Bonchev–Trinajstić information content (AvgIpc) is 2.79. The van der Waals surface area contributed by atoms with Gasteiger partial charge in [0, 0.05) is 4.47 Å². The number of ether oxygens (including phenoxy) is 1. The number of hydrogen-bond acceptors (Lipinski definition) is 6. The van der Waals surface area contributed by atoms with Gasteiger partial charge in [0.1, 0.15) is 30.0 Å². The molecule has 1 heterocycles. The second-order valence-electron chi connectivity index (χ2n) is 5.53. The first kappa shape index (κ1) is 17.8. The summed E-state index contributed by atoms with van der Waals surface area (Å²) in [6.07, 6.45) is -4.24. The molecule has 1 aliphatic rings. The monoisotopic (exact) mass is 376 g/mol. The van der Waals surface area contributed by atoms with E-state index in [-0.39, 0.29) is 0 Å². The van der Waals surface area contributed by atoms with Crippen LogP contribution in [0.4, 0.5) is 0 Å². The van der Waals surface area contributed by atoms with E-state index in [1.165, 1.54) is 0 Å². The van der Waals surface area contributed by atoms with Gasteiger partial charge in [-0.25, -0.2) is 0 Å². The zero-order chi connectivity index (χ0) is 16.5. The fourth-order valence-corrected chi connectivity index (χ4v) is 3.43. The number of halogens is 1. The summed E-state index contributed by atoms with van der Waals surface area (Å²) in [5.74, 6) is 0. The Bertz CT molecular complexity index is 525. The predicted molar refractivity (Wildman–Crippen MR) is 82.3 cm³/mol. The fraction of sp³-hybridized carbons (Fsp3) is 0.600. The van der Waals surface area contributed by atoms with Crippen LogP contribution in [0.5, 0.6) is 0 Å². The SMILES string of the molecule is CCc1ccc(C2O[C@H](C(O)CO)[C@H](O)[C@@]2(O)CO)cc1Br. The van der Waals surface area contributed by atoms with Crippen LogP contribution < -0.4 is 0 Å². The van der Waals surface area contributed by atoms with E-state index in [0.717, 1.165) is 16.5 Å². The van der Waals surface area contributed by atoms with Crippen molar-refractivity contribution in [1.29, 1.82) is 0 Å². The van der Waals surface area contributed by atoms with E-state index in [2.05, 4.69) is 15.9 Å². The summed E-state index contributed by atoms with van der Waals surface area (Å²) in [5.41, 5.74) is -0.317. The lowest BCUT2D eigenvalue weighted by atomic mass is 9.86. The van der Waals surface area contributed by atoms with E-state index in [1.54, 1.807) is 12.1 Å². The Morgan fingerprint density at radius 1 is 1.36 bits per heavy atom. The van der Waals surface area contributed by atoms with Crippen molar-refractivity contribution in [2.45, 2.75) is 43.4 Å². The van der Waals surface area contributed by atoms with Crippen molar-refractivity contribution in [1.82, 2.24) is 0 Å². The molecule has 2 unspecified atom stereocenters. The number of benzene rings is 1. The van der Waals surface area contributed by atoms with Gasteiger partial charge in [-0.2, -0.15) is 0 Å². The zero-order valence-corrected chi connectivity index (χ0v) is 13.8. The molecular formula is C15H21BrO6. The Labute approximate surface area is 137 Å². The second kappa shape index (κ2) is 6.92. The number of aliphatic hydroxyl groups is 5. The highest BCUT2D eigenvalue weighted by molar-refractivity contribution is 9.10. The van der Waals surface area contributed by atoms with Crippen molar-refractivity contribution in [3.63, 3.8) is 0 Å². The molecule has 0 amide bonds.